The van der Waals surface area contributed by atoms with E-state index in [0.29, 0.717) is 16.7 Å². The van der Waals surface area contributed by atoms with Crippen LogP contribution in [0.25, 0.3) is 23.2 Å². The van der Waals surface area contributed by atoms with Crippen LogP contribution in [-0.2, 0) is 10.5 Å². The van der Waals surface area contributed by atoms with Crippen molar-refractivity contribution < 1.29 is 9.21 Å². The highest BCUT2D eigenvalue weighted by molar-refractivity contribution is 8.00. The predicted molar refractivity (Wildman–Crippen MR) is 131 cm³/mol. The zero-order valence-electron chi connectivity index (χ0n) is 17.6. The predicted octanol–water partition coefficient (Wildman–Crippen LogP) is 4.71. The molecule has 0 spiro atoms. The molecule has 0 saturated carbocycles. The molecule has 0 bridgehead atoms. The van der Waals surface area contributed by atoms with Crippen molar-refractivity contribution in [1.82, 2.24) is 30.4 Å². The van der Waals surface area contributed by atoms with Crippen molar-refractivity contribution in [3.05, 3.63) is 90.4 Å². The summed E-state index contributed by atoms with van der Waals surface area (Å²) in [4.78, 5) is 13.3. The second kappa shape index (κ2) is 10.2. The lowest BCUT2D eigenvalue weighted by Gasteiger charge is -2.08. The first-order valence-electron chi connectivity index (χ1n) is 10.2. The Bertz CT molecular complexity index is 1400. The van der Waals surface area contributed by atoms with Crippen LogP contribution in [-0.4, -0.2) is 36.3 Å². The van der Waals surface area contributed by atoms with E-state index >= 15 is 0 Å². The average molecular weight is 488 g/mol. The van der Waals surface area contributed by atoms with Gasteiger partial charge in [0, 0.05) is 17.4 Å². The Kier molecular flexibility index (Phi) is 6.54. The number of nitrogens with one attached hydrogen (secondary N) is 1. The lowest BCUT2D eigenvalue weighted by Crippen LogP contribution is -2.19. The van der Waals surface area contributed by atoms with E-state index in [2.05, 4.69) is 43.2 Å². The molecule has 0 atom stereocenters. The van der Waals surface area contributed by atoms with Crippen molar-refractivity contribution in [1.29, 1.82) is 0 Å². The molecule has 5 rings (SSSR count). The van der Waals surface area contributed by atoms with Crippen LogP contribution in [0.5, 0.6) is 0 Å². The lowest BCUT2D eigenvalue weighted by molar-refractivity contribution is -0.111. The molecule has 5 aromatic rings. The van der Waals surface area contributed by atoms with Gasteiger partial charge in [0.1, 0.15) is 11.5 Å². The van der Waals surface area contributed by atoms with Crippen LogP contribution in [0.4, 0.5) is 5.13 Å². The average Bonchev–Trinajstić information content (AvgIpc) is 3.65. The van der Waals surface area contributed by atoms with Gasteiger partial charge in [0.2, 0.25) is 5.13 Å². The molecule has 0 radical (unpaired) electrons. The van der Waals surface area contributed by atoms with E-state index in [9.17, 15) is 4.79 Å². The van der Waals surface area contributed by atoms with Crippen LogP contribution in [0, 0.1) is 0 Å². The van der Waals surface area contributed by atoms with Gasteiger partial charge in [0.05, 0.1) is 6.26 Å². The van der Waals surface area contributed by atoms with Gasteiger partial charge in [0.25, 0.3) is 5.91 Å². The van der Waals surface area contributed by atoms with Crippen molar-refractivity contribution in [3.63, 3.8) is 0 Å². The van der Waals surface area contributed by atoms with Gasteiger partial charge in [0.15, 0.2) is 10.2 Å². The minimum absolute atomic E-state index is 0.174. The molecule has 0 aliphatic carbocycles. The molecular weight excluding hydrogens is 470 g/mol. The Labute approximate surface area is 202 Å². The Morgan fingerprint density at radius 3 is 2.56 bits per heavy atom. The molecule has 0 aliphatic heterocycles. The summed E-state index contributed by atoms with van der Waals surface area (Å²) in [5.74, 6) is 1.22. The first kappa shape index (κ1) is 21.7. The number of nitrogens with zero attached hydrogens (tertiary/aromatic N) is 6. The molecule has 3 aromatic heterocycles. The number of hydrogen-bond donors (Lipinski definition) is 1. The number of furan rings is 1. The number of amides is 1. The first-order chi connectivity index (χ1) is 16.8. The summed E-state index contributed by atoms with van der Waals surface area (Å²) in [5, 5.41) is 23.4. The molecule has 0 aliphatic rings. The van der Waals surface area contributed by atoms with Gasteiger partial charge >= 0.3 is 0 Å². The molecule has 0 unspecified atom stereocenters. The summed E-state index contributed by atoms with van der Waals surface area (Å²) in [7, 11) is 0. The second-order valence-electron chi connectivity index (χ2n) is 6.93. The standard InChI is InChI=1S/C23H17N7O2S2/c31-21(24-22-26-27-23(34-22)33-15-16-8-3-1-4-9-16)19(14-18-12-7-13-32-18)30-20(25-28-29-30)17-10-5-2-6-11-17/h1-14H,15H2,(H,24,26,31)/b19-14+. The van der Waals surface area contributed by atoms with Crippen LogP contribution in [0.3, 0.4) is 0 Å². The number of hydrogen-bond acceptors (Lipinski definition) is 9. The number of carbonyl (C=O) groups is 1. The Hall–Kier alpha value is -4.09. The zero-order valence-corrected chi connectivity index (χ0v) is 19.2. The molecule has 2 aromatic carbocycles. The SMILES string of the molecule is O=C(Nc1nnc(SCc2ccccc2)s1)/C(=C\c1ccco1)n1nnnc1-c1ccccc1. The van der Waals surface area contributed by atoms with Crippen molar-refractivity contribution >= 4 is 45.9 Å². The molecule has 1 amide bonds. The molecule has 168 valence electrons. The fraction of sp³-hybridized carbons (Fsp3) is 0.0435. The van der Waals surface area contributed by atoms with E-state index in [1.165, 1.54) is 27.8 Å². The highest BCUT2D eigenvalue weighted by Gasteiger charge is 2.21. The lowest BCUT2D eigenvalue weighted by atomic mass is 10.2. The van der Waals surface area contributed by atoms with E-state index in [1.54, 1.807) is 30.0 Å². The van der Waals surface area contributed by atoms with E-state index in [-0.39, 0.29) is 5.70 Å². The van der Waals surface area contributed by atoms with Crippen LogP contribution in [0.15, 0.2) is 87.8 Å². The van der Waals surface area contributed by atoms with Gasteiger partial charge < -0.3 is 4.42 Å². The number of rotatable bonds is 8. The third-order valence-electron chi connectivity index (χ3n) is 4.62. The number of carbonyl (C=O) groups excluding carboxylic acids is 1. The highest BCUT2D eigenvalue weighted by Crippen LogP contribution is 2.29. The van der Waals surface area contributed by atoms with Gasteiger partial charge in [-0.1, -0.05) is 83.8 Å². The van der Waals surface area contributed by atoms with Gasteiger partial charge in [-0.25, -0.2) is 0 Å². The molecule has 34 heavy (non-hydrogen) atoms. The maximum absolute atomic E-state index is 13.3. The largest absolute Gasteiger partial charge is 0.465 e. The molecule has 9 nitrogen and oxygen atoms in total. The van der Waals surface area contributed by atoms with Gasteiger partial charge in [-0.2, -0.15) is 4.68 Å². The van der Waals surface area contributed by atoms with Crippen LogP contribution in [0.2, 0.25) is 0 Å². The number of benzene rings is 2. The van der Waals surface area contributed by atoms with Gasteiger partial charge in [-0.3, -0.25) is 10.1 Å². The quantitative estimate of drug-likeness (QED) is 0.190. The summed E-state index contributed by atoms with van der Waals surface area (Å²) in [5.41, 5.74) is 2.12. The third kappa shape index (κ3) is 5.11. The maximum Gasteiger partial charge on any atom is 0.276 e. The highest BCUT2D eigenvalue weighted by atomic mass is 32.2. The number of tetrazole rings is 1. The fourth-order valence-electron chi connectivity index (χ4n) is 3.05. The Morgan fingerprint density at radius 2 is 1.79 bits per heavy atom. The summed E-state index contributed by atoms with van der Waals surface area (Å²) in [6.45, 7) is 0. The maximum atomic E-state index is 13.3. The fourth-order valence-corrected chi connectivity index (χ4v) is 4.75. The third-order valence-corrected chi connectivity index (χ3v) is 6.66. The van der Waals surface area contributed by atoms with Crippen molar-refractivity contribution in [2.24, 2.45) is 0 Å². The molecule has 1 N–H and O–H groups in total. The Morgan fingerprint density at radius 1 is 1.00 bits per heavy atom. The van der Waals surface area contributed by atoms with Crippen molar-refractivity contribution in [3.8, 4) is 11.4 Å². The minimum atomic E-state index is -0.448. The number of aromatic nitrogens is 6. The number of anilines is 1. The van der Waals surface area contributed by atoms with Crippen LogP contribution in [0.1, 0.15) is 11.3 Å². The van der Waals surface area contributed by atoms with E-state index in [0.717, 1.165) is 15.7 Å². The van der Waals surface area contributed by atoms with Crippen LogP contribution >= 0.6 is 23.1 Å². The van der Waals surface area contributed by atoms with Gasteiger partial charge in [-0.05, 0) is 28.1 Å². The second-order valence-corrected chi connectivity index (χ2v) is 9.13. The van der Waals surface area contributed by atoms with E-state index in [4.69, 9.17) is 4.42 Å². The molecule has 0 fully saturated rings. The Balaban J connectivity index is 1.38. The van der Waals surface area contributed by atoms with Crippen molar-refractivity contribution in [2.45, 2.75) is 10.1 Å². The topological polar surface area (TPSA) is 112 Å². The monoisotopic (exact) mass is 487 g/mol. The minimum Gasteiger partial charge on any atom is -0.465 e. The molecule has 3 heterocycles. The molecule has 11 heteroatoms. The first-order valence-corrected chi connectivity index (χ1v) is 12.0. The van der Waals surface area contributed by atoms with Gasteiger partial charge in [-0.15, -0.1) is 15.3 Å². The summed E-state index contributed by atoms with van der Waals surface area (Å²) in [6.07, 6.45) is 3.10. The van der Waals surface area contributed by atoms with E-state index in [1.807, 2.05) is 48.5 Å². The number of thioether (sulfide) groups is 1. The zero-order chi connectivity index (χ0) is 23.2. The summed E-state index contributed by atoms with van der Waals surface area (Å²) in [6, 6.07) is 22.9. The normalized spacial score (nSPS) is 11.5. The molecular formula is C23H17N7O2S2. The smallest absolute Gasteiger partial charge is 0.276 e. The van der Waals surface area contributed by atoms with Crippen molar-refractivity contribution in [2.75, 3.05) is 5.32 Å². The molecule has 0 saturated heterocycles. The van der Waals surface area contributed by atoms with E-state index < -0.39 is 5.91 Å². The summed E-state index contributed by atoms with van der Waals surface area (Å²) >= 11 is 2.86. The van der Waals surface area contributed by atoms with Crippen LogP contribution < -0.4 is 5.32 Å². The summed E-state index contributed by atoms with van der Waals surface area (Å²) < 4.78 is 7.55.